The van der Waals surface area contributed by atoms with E-state index in [2.05, 4.69) is 10.2 Å². The minimum absolute atomic E-state index is 0.0881. The smallest absolute Gasteiger partial charge is 0.367 e. The Morgan fingerprint density at radius 3 is 2.36 bits per heavy atom. The van der Waals surface area contributed by atoms with Gasteiger partial charge in [-0.2, -0.15) is 13.2 Å². The van der Waals surface area contributed by atoms with Crippen molar-refractivity contribution in [2.75, 3.05) is 43.4 Å². The van der Waals surface area contributed by atoms with E-state index in [1.807, 2.05) is 11.9 Å². The second-order valence-corrected chi connectivity index (χ2v) is 6.99. The Morgan fingerprint density at radius 1 is 1.12 bits per heavy atom. The molecule has 3 rings (SSSR count). The van der Waals surface area contributed by atoms with Crippen LogP contribution in [0.3, 0.4) is 0 Å². The van der Waals surface area contributed by atoms with Crippen molar-refractivity contribution in [3.05, 3.63) is 23.8 Å². The molecule has 1 aliphatic heterocycles. The number of likely N-dealkylation sites (N-methyl/N-ethyl adjacent to an activating group) is 1. The van der Waals surface area contributed by atoms with E-state index < -0.39 is 11.7 Å². The third-order valence-electron chi connectivity index (χ3n) is 5.15. The molecule has 0 spiro atoms. The molecule has 1 aromatic carbocycles. The molecule has 0 unspecified atom stereocenters. The Hall–Kier alpha value is -1.76. The van der Waals surface area contributed by atoms with Crippen LogP contribution in [0.5, 0.6) is 0 Å². The van der Waals surface area contributed by atoms with Gasteiger partial charge in [0.2, 0.25) is 5.91 Å². The van der Waals surface area contributed by atoms with Gasteiger partial charge in [-0.25, -0.2) is 0 Å². The molecule has 25 heavy (non-hydrogen) atoms. The van der Waals surface area contributed by atoms with Crippen LogP contribution in [-0.4, -0.2) is 44.0 Å². The van der Waals surface area contributed by atoms with E-state index in [-0.39, 0.29) is 17.5 Å². The van der Waals surface area contributed by atoms with Gasteiger partial charge in [-0.3, -0.25) is 4.79 Å². The summed E-state index contributed by atoms with van der Waals surface area (Å²) in [7, 11) is 2.02. The van der Waals surface area contributed by atoms with Crippen molar-refractivity contribution < 1.29 is 18.0 Å². The number of rotatable bonds is 3. The molecule has 1 heterocycles. The molecular weight excluding hydrogens is 331 g/mol. The third kappa shape index (κ3) is 4.26. The van der Waals surface area contributed by atoms with Crippen LogP contribution in [0, 0.1) is 5.92 Å². The lowest BCUT2D eigenvalue weighted by Gasteiger charge is -2.35. The number of benzene rings is 1. The van der Waals surface area contributed by atoms with Gasteiger partial charge < -0.3 is 15.1 Å². The van der Waals surface area contributed by atoms with Gasteiger partial charge in [0, 0.05) is 32.1 Å². The Kier molecular flexibility index (Phi) is 5.22. The monoisotopic (exact) mass is 355 g/mol. The number of hydrogen-bond acceptors (Lipinski definition) is 3. The minimum atomic E-state index is -4.42. The van der Waals surface area contributed by atoms with Crippen LogP contribution in [0.4, 0.5) is 24.5 Å². The average molecular weight is 355 g/mol. The van der Waals surface area contributed by atoms with Gasteiger partial charge in [-0.05, 0) is 38.1 Å². The quantitative estimate of drug-likeness (QED) is 0.900. The fraction of sp³-hybridized carbons (Fsp3) is 0.611. The zero-order chi connectivity index (χ0) is 18.0. The average Bonchev–Trinajstić information content (AvgIpc) is 3.09. The highest BCUT2D eigenvalue weighted by atomic mass is 19.4. The molecule has 0 radical (unpaired) electrons. The number of amides is 1. The molecule has 0 atom stereocenters. The highest BCUT2D eigenvalue weighted by Crippen LogP contribution is 2.36. The molecule has 0 bridgehead atoms. The predicted molar refractivity (Wildman–Crippen MR) is 91.7 cm³/mol. The second-order valence-electron chi connectivity index (χ2n) is 6.99. The number of piperazine rings is 1. The summed E-state index contributed by atoms with van der Waals surface area (Å²) >= 11 is 0. The molecule has 1 saturated heterocycles. The van der Waals surface area contributed by atoms with Crippen molar-refractivity contribution in [3.63, 3.8) is 0 Å². The van der Waals surface area contributed by atoms with Gasteiger partial charge in [-0.1, -0.05) is 12.8 Å². The number of nitrogens with one attached hydrogen (secondary N) is 1. The second kappa shape index (κ2) is 7.23. The van der Waals surface area contributed by atoms with Crippen molar-refractivity contribution in [2.45, 2.75) is 31.9 Å². The summed E-state index contributed by atoms with van der Waals surface area (Å²) in [6.07, 6.45) is -0.783. The highest BCUT2D eigenvalue weighted by molar-refractivity contribution is 5.96. The summed E-state index contributed by atoms with van der Waals surface area (Å²) in [6.45, 7) is 3.15. The third-order valence-corrected chi connectivity index (χ3v) is 5.15. The van der Waals surface area contributed by atoms with Crippen LogP contribution in [0.25, 0.3) is 0 Å². The maximum absolute atomic E-state index is 13.1. The summed E-state index contributed by atoms with van der Waals surface area (Å²) in [6, 6.07) is 3.65. The van der Waals surface area contributed by atoms with E-state index >= 15 is 0 Å². The van der Waals surface area contributed by atoms with Crippen molar-refractivity contribution in [2.24, 2.45) is 5.92 Å². The Morgan fingerprint density at radius 2 is 1.76 bits per heavy atom. The zero-order valence-corrected chi connectivity index (χ0v) is 14.4. The highest BCUT2D eigenvalue weighted by Gasteiger charge is 2.32. The van der Waals surface area contributed by atoms with Crippen molar-refractivity contribution in [1.29, 1.82) is 0 Å². The van der Waals surface area contributed by atoms with Crippen molar-refractivity contribution >= 4 is 17.3 Å². The minimum Gasteiger partial charge on any atom is -0.367 e. The topological polar surface area (TPSA) is 35.6 Å². The molecule has 138 valence electrons. The summed E-state index contributed by atoms with van der Waals surface area (Å²) < 4.78 is 39.3. The normalized spacial score (nSPS) is 20.1. The molecule has 7 heteroatoms. The number of carbonyl (C=O) groups excluding carboxylic acids is 1. The lowest BCUT2D eigenvalue weighted by molar-refractivity contribution is -0.137. The van der Waals surface area contributed by atoms with E-state index in [1.54, 1.807) is 0 Å². The van der Waals surface area contributed by atoms with Gasteiger partial charge in [-0.15, -0.1) is 0 Å². The predicted octanol–water partition coefficient (Wildman–Crippen LogP) is 3.59. The Balaban J connectivity index is 1.86. The summed E-state index contributed by atoms with van der Waals surface area (Å²) in [5, 5.41) is 2.78. The fourth-order valence-electron chi connectivity index (χ4n) is 3.56. The Bertz CT molecular complexity index is 618. The van der Waals surface area contributed by atoms with Gasteiger partial charge >= 0.3 is 6.18 Å². The number of halogens is 3. The van der Waals surface area contributed by atoms with Crippen LogP contribution in [-0.2, 0) is 11.0 Å². The van der Waals surface area contributed by atoms with Crippen LogP contribution in [0.15, 0.2) is 18.2 Å². The van der Waals surface area contributed by atoms with Crippen molar-refractivity contribution in [3.8, 4) is 0 Å². The number of nitrogens with zero attached hydrogens (tertiary/aromatic N) is 2. The van der Waals surface area contributed by atoms with Crippen LogP contribution in [0.2, 0.25) is 0 Å². The Labute approximate surface area is 146 Å². The molecule has 1 aliphatic carbocycles. The molecule has 1 aromatic rings. The lowest BCUT2D eigenvalue weighted by Crippen LogP contribution is -2.44. The van der Waals surface area contributed by atoms with Crippen LogP contribution < -0.4 is 10.2 Å². The molecular formula is C18H24F3N3O. The first-order valence-corrected chi connectivity index (χ1v) is 8.80. The maximum Gasteiger partial charge on any atom is 0.416 e. The van der Waals surface area contributed by atoms with E-state index in [0.29, 0.717) is 5.69 Å². The zero-order valence-electron chi connectivity index (χ0n) is 14.4. The number of hydrogen-bond donors (Lipinski definition) is 1. The first-order chi connectivity index (χ1) is 11.8. The van der Waals surface area contributed by atoms with Crippen LogP contribution >= 0.6 is 0 Å². The largest absolute Gasteiger partial charge is 0.416 e. The summed E-state index contributed by atoms with van der Waals surface area (Å²) in [5.41, 5.74) is 0.218. The van der Waals surface area contributed by atoms with E-state index in [9.17, 15) is 18.0 Å². The number of alkyl halides is 3. The van der Waals surface area contributed by atoms with Gasteiger partial charge in [0.05, 0.1) is 16.9 Å². The molecule has 2 fully saturated rings. The molecule has 1 amide bonds. The number of carbonyl (C=O) groups is 1. The van der Waals surface area contributed by atoms with E-state index in [1.165, 1.54) is 6.07 Å². The van der Waals surface area contributed by atoms with Crippen molar-refractivity contribution in [1.82, 2.24) is 4.90 Å². The fourth-order valence-corrected chi connectivity index (χ4v) is 3.56. The molecule has 0 aromatic heterocycles. The first-order valence-electron chi connectivity index (χ1n) is 8.80. The molecule has 1 N–H and O–H groups in total. The standard InChI is InChI=1S/C18H24F3N3O/c1-23-8-10-24(11-9-23)16-7-6-14(18(19,20)21)12-15(16)22-17(25)13-4-2-3-5-13/h6-7,12-13H,2-5,8-11H2,1H3,(H,22,25). The first kappa shape index (κ1) is 18.0. The molecule has 2 aliphatic rings. The van der Waals surface area contributed by atoms with E-state index in [4.69, 9.17) is 0 Å². The SMILES string of the molecule is CN1CCN(c2ccc(C(F)(F)F)cc2NC(=O)C2CCCC2)CC1. The maximum atomic E-state index is 13.1. The van der Waals surface area contributed by atoms with Gasteiger partial charge in [0.25, 0.3) is 0 Å². The van der Waals surface area contributed by atoms with E-state index in [0.717, 1.165) is 64.0 Å². The molecule has 4 nitrogen and oxygen atoms in total. The lowest BCUT2D eigenvalue weighted by atomic mass is 10.1. The molecule has 1 saturated carbocycles. The summed E-state index contributed by atoms with van der Waals surface area (Å²) in [5.74, 6) is -0.248. The summed E-state index contributed by atoms with van der Waals surface area (Å²) in [4.78, 5) is 16.7. The number of anilines is 2. The van der Waals surface area contributed by atoms with Gasteiger partial charge in [0.15, 0.2) is 0 Å². The van der Waals surface area contributed by atoms with Crippen LogP contribution in [0.1, 0.15) is 31.2 Å². The van der Waals surface area contributed by atoms with Gasteiger partial charge in [0.1, 0.15) is 0 Å².